The molecule has 3 heterocycles. The number of fused-ring (bicyclic) bond motifs is 2. The molecule has 1 saturated heterocycles. The lowest BCUT2D eigenvalue weighted by atomic mass is 10.2. The van der Waals surface area contributed by atoms with E-state index in [2.05, 4.69) is 14.9 Å². The van der Waals surface area contributed by atoms with Gasteiger partial charge in [-0.15, -0.1) is 0 Å². The summed E-state index contributed by atoms with van der Waals surface area (Å²) in [7, 11) is 0. The van der Waals surface area contributed by atoms with Gasteiger partial charge in [-0.25, -0.2) is 9.37 Å². The van der Waals surface area contributed by atoms with Crippen LogP contribution in [-0.4, -0.2) is 52.4 Å². The van der Waals surface area contributed by atoms with Crippen molar-refractivity contribution < 1.29 is 13.9 Å². The predicted molar refractivity (Wildman–Crippen MR) is 111 cm³/mol. The molecule has 0 unspecified atom stereocenters. The standard InChI is InChI=1S/C21H20FN5O3/c22-14-1-4-19-18(11-14)24-21(30-19)26-7-5-25(6-8-26)15-2-3-16-17(12-15)23-13-27(9-10-28)20(16)29/h1-4,11-13,28H,5-10H2. The van der Waals surface area contributed by atoms with E-state index in [1.165, 1.54) is 23.0 Å². The van der Waals surface area contributed by atoms with E-state index < -0.39 is 0 Å². The maximum absolute atomic E-state index is 13.4. The van der Waals surface area contributed by atoms with Crippen molar-refractivity contribution in [2.24, 2.45) is 0 Å². The highest BCUT2D eigenvalue weighted by molar-refractivity contribution is 5.81. The van der Waals surface area contributed by atoms with Crippen LogP contribution in [0.4, 0.5) is 16.1 Å². The molecule has 1 N–H and O–H groups in total. The first-order valence-corrected chi connectivity index (χ1v) is 9.78. The first-order valence-electron chi connectivity index (χ1n) is 9.78. The van der Waals surface area contributed by atoms with E-state index in [4.69, 9.17) is 9.52 Å². The quantitative estimate of drug-likeness (QED) is 0.552. The molecule has 0 saturated carbocycles. The maximum atomic E-state index is 13.4. The molecule has 0 spiro atoms. The van der Waals surface area contributed by atoms with Crippen molar-refractivity contribution >= 4 is 33.7 Å². The minimum Gasteiger partial charge on any atom is -0.423 e. The molecule has 0 aliphatic carbocycles. The fourth-order valence-corrected chi connectivity index (χ4v) is 3.79. The lowest BCUT2D eigenvalue weighted by Gasteiger charge is -2.35. The highest BCUT2D eigenvalue weighted by Gasteiger charge is 2.22. The molecule has 4 aromatic rings. The minimum atomic E-state index is -0.333. The first-order chi connectivity index (χ1) is 14.6. The Hall–Kier alpha value is -3.46. The van der Waals surface area contributed by atoms with Gasteiger partial charge in [-0.1, -0.05) is 0 Å². The number of benzene rings is 2. The summed E-state index contributed by atoms with van der Waals surface area (Å²) in [5.41, 5.74) is 2.56. The third kappa shape index (κ3) is 3.26. The van der Waals surface area contributed by atoms with Gasteiger partial charge in [-0.05, 0) is 30.3 Å². The molecule has 1 aliphatic rings. The van der Waals surface area contributed by atoms with E-state index in [-0.39, 0.29) is 24.5 Å². The largest absolute Gasteiger partial charge is 0.423 e. The predicted octanol–water partition coefficient (Wildman–Crippen LogP) is 2.00. The van der Waals surface area contributed by atoms with Gasteiger partial charge in [-0.3, -0.25) is 9.36 Å². The lowest BCUT2D eigenvalue weighted by molar-refractivity contribution is 0.274. The van der Waals surface area contributed by atoms with Crippen LogP contribution in [0, 0.1) is 5.82 Å². The van der Waals surface area contributed by atoms with Crippen LogP contribution < -0.4 is 15.4 Å². The number of piperazine rings is 1. The van der Waals surface area contributed by atoms with E-state index in [0.29, 0.717) is 41.1 Å². The molecule has 2 aromatic heterocycles. The second-order valence-electron chi connectivity index (χ2n) is 7.25. The fraction of sp³-hybridized carbons (Fsp3) is 0.286. The van der Waals surface area contributed by atoms with Gasteiger partial charge in [0.2, 0.25) is 0 Å². The Morgan fingerprint density at radius 1 is 1.03 bits per heavy atom. The van der Waals surface area contributed by atoms with Gasteiger partial charge in [0.25, 0.3) is 11.6 Å². The molecule has 30 heavy (non-hydrogen) atoms. The molecule has 9 heteroatoms. The summed E-state index contributed by atoms with van der Waals surface area (Å²) in [5.74, 6) is -0.333. The maximum Gasteiger partial charge on any atom is 0.298 e. The van der Waals surface area contributed by atoms with Crippen LogP contribution in [0.5, 0.6) is 0 Å². The monoisotopic (exact) mass is 409 g/mol. The highest BCUT2D eigenvalue weighted by Crippen LogP contribution is 2.25. The van der Waals surface area contributed by atoms with Crippen molar-refractivity contribution in [3.8, 4) is 0 Å². The van der Waals surface area contributed by atoms with Gasteiger partial charge in [0.15, 0.2) is 5.58 Å². The summed E-state index contributed by atoms with van der Waals surface area (Å²) in [6, 6.07) is 10.4. The highest BCUT2D eigenvalue weighted by atomic mass is 19.1. The molecule has 154 valence electrons. The zero-order chi connectivity index (χ0) is 20.7. The smallest absolute Gasteiger partial charge is 0.298 e. The SMILES string of the molecule is O=c1c2ccc(N3CCN(c4nc5cc(F)ccc5o4)CC3)cc2ncn1CCO. The molecular formula is C21H20FN5O3. The number of aromatic nitrogens is 3. The van der Waals surface area contributed by atoms with Gasteiger partial charge >= 0.3 is 0 Å². The molecule has 0 atom stereocenters. The lowest BCUT2D eigenvalue weighted by Crippen LogP contribution is -2.46. The average Bonchev–Trinajstić information content (AvgIpc) is 3.19. The topological polar surface area (TPSA) is 87.6 Å². The van der Waals surface area contributed by atoms with Gasteiger partial charge in [-0.2, -0.15) is 4.98 Å². The van der Waals surface area contributed by atoms with Crippen LogP contribution in [0.3, 0.4) is 0 Å². The number of oxazole rings is 1. The molecule has 5 rings (SSSR count). The number of anilines is 2. The summed E-state index contributed by atoms with van der Waals surface area (Å²) < 4.78 is 20.6. The Morgan fingerprint density at radius 2 is 1.83 bits per heavy atom. The number of hydrogen-bond donors (Lipinski definition) is 1. The zero-order valence-electron chi connectivity index (χ0n) is 16.2. The number of aliphatic hydroxyl groups excluding tert-OH is 1. The summed E-state index contributed by atoms with van der Waals surface area (Å²) in [6.07, 6.45) is 1.47. The Labute approximate surface area is 170 Å². The molecule has 0 radical (unpaired) electrons. The van der Waals surface area contributed by atoms with Crippen LogP contribution in [0.25, 0.3) is 22.0 Å². The summed E-state index contributed by atoms with van der Waals surface area (Å²) >= 11 is 0. The molecule has 8 nitrogen and oxygen atoms in total. The molecule has 0 amide bonds. The Morgan fingerprint density at radius 3 is 2.63 bits per heavy atom. The van der Waals surface area contributed by atoms with E-state index >= 15 is 0 Å². The molecule has 0 bridgehead atoms. The second kappa shape index (κ2) is 7.42. The summed E-state index contributed by atoms with van der Waals surface area (Å²) in [4.78, 5) is 25.5. The van der Waals surface area contributed by atoms with E-state index in [1.54, 1.807) is 12.1 Å². The minimum absolute atomic E-state index is 0.107. The number of rotatable bonds is 4. The van der Waals surface area contributed by atoms with Crippen LogP contribution in [-0.2, 0) is 6.54 Å². The van der Waals surface area contributed by atoms with Crippen LogP contribution in [0.1, 0.15) is 0 Å². The second-order valence-corrected chi connectivity index (χ2v) is 7.25. The fourth-order valence-electron chi connectivity index (χ4n) is 3.79. The summed E-state index contributed by atoms with van der Waals surface area (Å²) in [6.45, 7) is 3.04. The van der Waals surface area contributed by atoms with Crippen molar-refractivity contribution in [3.63, 3.8) is 0 Å². The van der Waals surface area contributed by atoms with Crippen molar-refractivity contribution in [1.29, 1.82) is 0 Å². The van der Waals surface area contributed by atoms with Crippen LogP contribution >= 0.6 is 0 Å². The number of aliphatic hydroxyl groups is 1. The van der Waals surface area contributed by atoms with Crippen LogP contribution in [0.15, 0.2) is 51.9 Å². The number of nitrogens with zero attached hydrogens (tertiary/aromatic N) is 5. The molecule has 1 aliphatic heterocycles. The van der Waals surface area contributed by atoms with Crippen molar-refractivity contribution in [1.82, 2.24) is 14.5 Å². The third-order valence-corrected chi connectivity index (χ3v) is 5.40. The average molecular weight is 409 g/mol. The van der Waals surface area contributed by atoms with E-state index in [9.17, 15) is 9.18 Å². The number of halogens is 1. The molecular weight excluding hydrogens is 389 g/mol. The van der Waals surface area contributed by atoms with E-state index in [1.807, 2.05) is 17.0 Å². The van der Waals surface area contributed by atoms with Gasteiger partial charge in [0.05, 0.1) is 30.4 Å². The normalized spacial score (nSPS) is 14.7. The summed E-state index contributed by atoms with van der Waals surface area (Å²) in [5, 5.41) is 9.60. The third-order valence-electron chi connectivity index (χ3n) is 5.40. The molecule has 2 aromatic carbocycles. The van der Waals surface area contributed by atoms with Crippen molar-refractivity contribution in [2.45, 2.75) is 6.54 Å². The van der Waals surface area contributed by atoms with Crippen molar-refractivity contribution in [3.05, 3.63) is 58.9 Å². The Bertz CT molecular complexity index is 1280. The van der Waals surface area contributed by atoms with E-state index in [0.717, 1.165) is 18.8 Å². The van der Waals surface area contributed by atoms with Gasteiger partial charge < -0.3 is 19.3 Å². The van der Waals surface area contributed by atoms with Crippen LogP contribution in [0.2, 0.25) is 0 Å². The molecule has 1 fully saturated rings. The van der Waals surface area contributed by atoms with Crippen molar-refractivity contribution in [2.75, 3.05) is 42.6 Å². The van der Waals surface area contributed by atoms with Gasteiger partial charge in [0.1, 0.15) is 11.3 Å². The number of hydrogen-bond acceptors (Lipinski definition) is 7. The first kappa shape index (κ1) is 18.6. The Balaban J connectivity index is 1.33. The Kier molecular flexibility index (Phi) is 4.59. The zero-order valence-corrected chi connectivity index (χ0v) is 16.2. The van der Waals surface area contributed by atoms with Gasteiger partial charge in [0, 0.05) is 37.9 Å².